The van der Waals surface area contributed by atoms with Crippen molar-refractivity contribution in [3.63, 3.8) is 0 Å². The summed E-state index contributed by atoms with van der Waals surface area (Å²) in [6.45, 7) is 0. The lowest BCUT2D eigenvalue weighted by atomic mass is 10.1. The summed E-state index contributed by atoms with van der Waals surface area (Å²) >= 11 is 6.20. The van der Waals surface area contributed by atoms with Gasteiger partial charge in [-0.1, -0.05) is 48.0 Å². The molecule has 0 amide bonds. The number of halogens is 1. The molecule has 2 heterocycles. The Morgan fingerprint density at radius 2 is 1.69 bits per heavy atom. The molecule has 142 valence electrons. The van der Waals surface area contributed by atoms with Crippen molar-refractivity contribution < 1.29 is 0 Å². The number of hydrogen-bond donors (Lipinski definition) is 1. The SMILES string of the molecule is O=c1c2ccccc2nc(CCc2c[nH]c3ccccc23)n1-c1cccc(Cl)c1. The number of fused-ring (bicyclic) bond motifs is 2. The van der Waals surface area contributed by atoms with Gasteiger partial charge in [-0.05, 0) is 48.4 Å². The van der Waals surface area contributed by atoms with Crippen LogP contribution in [0.4, 0.5) is 0 Å². The molecule has 0 aliphatic carbocycles. The molecule has 0 spiro atoms. The van der Waals surface area contributed by atoms with Crippen LogP contribution in [0.25, 0.3) is 27.5 Å². The van der Waals surface area contributed by atoms with Gasteiger partial charge in [0.05, 0.1) is 16.6 Å². The second-order valence-corrected chi connectivity index (χ2v) is 7.46. The van der Waals surface area contributed by atoms with E-state index in [1.165, 1.54) is 10.9 Å². The number of benzene rings is 3. The van der Waals surface area contributed by atoms with E-state index in [4.69, 9.17) is 16.6 Å². The quantitative estimate of drug-likeness (QED) is 0.445. The van der Waals surface area contributed by atoms with Gasteiger partial charge in [0, 0.05) is 28.5 Å². The molecule has 2 aromatic heterocycles. The number of H-pyrrole nitrogens is 1. The van der Waals surface area contributed by atoms with Gasteiger partial charge < -0.3 is 4.98 Å². The van der Waals surface area contributed by atoms with Crippen LogP contribution in [0.2, 0.25) is 5.02 Å². The molecule has 0 radical (unpaired) electrons. The Hall–Kier alpha value is -3.37. The van der Waals surface area contributed by atoms with Crippen molar-refractivity contribution in [1.29, 1.82) is 0 Å². The van der Waals surface area contributed by atoms with Crippen LogP contribution in [0, 0.1) is 0 Å². The van der Waals surface area contributed by atoms with Gasteiger partial charge in [0.1, 0.15) is 5.82 Å². The van der Waals surface area contributed by atoms with Crippen molar-refractivity contribution in [3.8, 4) is 5.69 Å². The second kappa shape index (κ2) is 7.22. The van der Waals surface area contributed by atoms with Gasteiger partial charge in [0.2, 0.25) is 0 Å². The minimum atomic E-state index is -0.0770. The Kier molecular flexibility index (Phi) is 4.41. The first-order valence-corrected chi connectivity index (χ1v) is 9.90. The van der Waals surface area contributed by atoms with Gasteiger partial charge in [-0.15, -0.1) is 0 Å². The van der Waals surface area contributed by atoms with Gasteiger partial charge in [-0.3, -0.25) is 9.36 Å². The molecular formula is C24H18ClN3O. The number of nitrogens with zero attached hydrogens (tertiary/aromatic N) is 2. The van der Waals surface area contributed by atoms with Crippen LogP contribution in [0.15, 0.2) is 83.8 Å². The van der Waals surface area contributed by atoms with Crippen LogP contribution in [0.3, 0.4) is 0 Å². The Morgan fingerprint density at radius 3 is 2.55 bits per heavy atom. The zero-order chi connectivity index (χ0) is 19.8. The number of aryl methyl sites for hydroxylation is 2. The molecule has 4 nitrogen and oxygen atoms in total. The summed E-state index contributed by atoms with van der Waals surface area (Å²) in [4.78, 5) is 21.5. The van der Waals surface area contributed by atoms with Crippen molar-refractivity contribution >= 4 is 33.4 Å². The fourth-order valence-electron chi connectivity index (χ4n) is 3.81. The summed E-state index contributed by atoms with van der Waals surface area (Å²) in [5.74, 6) is 0.723. The Labute approximate surface area is 172 Å². The minimum Gasteiger partial charge on any atom is -0.361 e. The number of rotatable bonds is 4. The fourth-order valence-corrected chi connectivity index (χ4v) is 4.00. The zero-order valence-electron chi connectivity index (χ0n) is 15.6. The van der Waals surface area contributed by atoms with E-state index in [-0.39, 0.29) is 5.56 Å². The van der Waals surface area contributed by atoms with E-state index in [9.17, 15) is 4.79 Å². The summed E-state index contributed by atoms with van der Waals surface area (Å²) in [6.07, 6.45) is 3.44. The van der Waals surface area contributed by atoms with E-state index in [1.54, 1.807) is 16.7 Å². The number of para-hydroxylation sites is 2. The minimum absolute atomic E-state index is 0.0770. The van der Waals surface area contributed by atoms with Crippen LogP contribution in [-0.4, -0.2) is 14.5 Å². The van der Waals surface area contributed by atoms with E-state index in [0.717, 1.165) is 23.4 Å². The summed E-state index contributed by atoms with van der Waals surface area (Å²) in [7, 11) is 0. The molecule has 0 fully saturated rings. The van der Waals surface area contributed by atoms with Gasteiger partial charge in [-0.25, -0.2) is 4.98 Å². The van der Waals surface area contributed by atoms with E-state index in [0.29, 0.717) is 22.3 Å². The smallest absolute Gasteiger partial charge is 0.265 e. The molecule has 0 atom stereocenters. The Balaban J connectivity index is 1.64. The highest BCUT2D eigenvalue weighted by Crippen LogP contribution is 2.21. The lowest BCUT2D eigenvalue weighted by molar-refractivity contribution is 0.791. The van der Waals surface area contributed by atoms with Crippen LogP contribution in [-0.2, 0) is 12.8 Å². The first-order valence-electron chi connectivity index (χ1n) is 9.52. The highest BCUT2D eigenvalue weighted by Gasteiger charge is 2.14. The molecule has 0 saturated carbocycles. The molecule has 0 aliphatic rings. The summed E-state index contributed by atoms with van der Waals surface area (Å²) < 4.78 is 1.68. The zero-order valence-corrected chi connectivity index (χ0v) is 16.4. The second-order valence-electron chi connectivity index (χ2n) is 7.03. The molecule has 5 heteroatoms. The molecule has 0 unspecified atom stereocenters. The lowest BCUT2D eigenvalue weighted by Crippen LogP contribution is -2.24. The predicted octanol–water partition coefficient (Wildman–Crippen LogP) is 5.31. The monoisotopic (exact) mass is 399 g/mol. The Bertz CT molecular complexity index is 1400. The van der Waals surface area contributed by atoms with E-state index in [2.05, 4.69) is 17.1 Å². The van der Waals surface area contributed by atoms with Crippen molar-refractivity contribution in [1.82, 2.24) is 14.5 Å². The van der Waals surface area contributed by atoms with Gasteiger partial charge in [-0.2, -0.15) is 0 Å². The van der Waals surface area contributed by atoms with Crippen LogP contribution in [0.5, 0.6) is 0 Å². The summed E-state index contributed by atoms with van der Waals surface area (Å²) in [6, 6.07) is 23.0. The standard InChI is InChI=1S/C24H18ClN3O/c25-17-6-5-7-18(14-17)28-23(27-22-11-4-2-9-20(22)24(28)29)13-12-16-15-26-21-10-3-1-8-19(16)21/h1-11,14-15,26H,12-13H2. The molecule has 0 aliphatic heterocycles. The third kappa shape index (κ3) is 3.22. The number of nitrogens with one attached hydrogen (secondary N) is 1. The number of aromatic amines is 1. The molecule has 5 rings (SSSR count). The lowest BCUT2D eigenvalue weighted by Gasteiger charge is -2.14. The molecule has 1 N–H and O–H groups in total. The molecule has 0 bridgehead atoms. The van der Waals surface area contributed by atoms with Gasteiger partial charge >= 0.3 is 0 Å². The Morgan fingerprint density at radius 1 is 0.897 bits per heavy atom. The van der Waals surface area contributed by atoms with E-state index in [1.807, 2.05) is 54.7 Å². The molecule has 3 aromatic carbocycles. The van der Waals surface area contributed by atoms with Gasteiger partial charge in [0.25, 0.3) is 5.56 Å². The fraction of sp³-hybridized carbons (Fsp3) is 0.0833. The first-order chi connectivity index (χ1) is 14.2. The predicted molar refractivity (Wildman–Crippen MR) is 118 cm³/mol. The van der Waals surface area contributed by atoms with Crippen molar-refractivity contribution in [2.45, 2.75) is 12.8 Å². The normalized spacial score (nSPS) is 11.3. The number of hydrogen-bond acceptors (Lipinski definition) is 2. The largest absolute Gasteiger partial charge is 0.361 e. The maximum Gasteiger partial charge on any atom is 0.265 e. The third-order valence-corrected chi connectivity index (χ3v) is 5.44. The van der Waals surface area contributed by atoms with Crippen LogP contribution >= 0.6 is 11.6 Å². The highest BCUT2D eigenvalue weighted by atomic mass is 35.5. The summed E-state index contributed by atoms with van der Waals surface area (Å²) in [5.41, 5.74) is 3.69. The maximum atomic E-state index is 13.3. The average Bonchev–Trinajstić information content (AvgIpc) is 3.15. The van der Waals surface area contributed by atoms with Crippen molar-refractivity contribution in [2.24, 2.45) is 0 Å². The number of aromatic nitrogens is 3. The van der Waals surface area contributed by atoms with Crippen LogP contribution in [0.1, 0.15) is 11.4 Å². The van der Waals surface area contributed by atoms with Crippen molar-refractivity contribution in [3.05, 3.63) is 106 Å². The van der Waals surface area contributed by atoms with Gasteiger partial charge in [0.15, 0.2) is 0 Å². The van der Waals surface area contributed by atoms with E-state index < -0.39 is 0 Å². The first kappa shape index (κ1) is 17.7. The molecule has 5 aromatic rings. The van der Waals surface area contributed by atoms with Crippen molar-refractivity contribution in [2.75, 3.05) is 0 Å². The highest BCUT2D eigenvalue weighted by molar-refractivity contribution is 6.30. The maximum absolute atomic E-state index is 13.3. The molecule has 0 saturated heterocycles. The third-order valence-electron chi connectivity index (χ3n) is 5.20. The van der Waals surface area contributed by atoms with E-state index >= 15 is 0 Å². The summed E-state index contributed by atoms with van der Waals surface area (Å²) in [5, 5.41) is 2.39. The molecular weight excluding hydrogens is 382 g/mol. The molecule has 29 heavy (non-hydrogen) atoms. The van der Waals surface area contributed by atoms with Crippen LogP contribution < -0.4 is 5.56 Å². The topological polar surface area (TPSA) is 50.7 Å². The average molecular weight is 400 g/mol.